The van der Waals surface area contributed by atoms with E-state index >= 15 is 0 Å². The number of ether oxygens (including phenoxy) is 1. The minimum absolute atomic E-state index is 0.0557. The SMILES string of the molecule is CC1(CNc2cccc(Cl)c2[N+](=O)[O-])CCOCC1. The molecule has 1 aliphatic heterocycles. The highest BCUT2D eigenvalue weighted by molar-refractivity contribution is 6.33. The number of hydrogen-bond acceptors (Lipinski definition) is 4. The molecular formula is C13H17ClN2O3. The topological polar surface area (TPSA) is 64.4 Å². The first-order valence-corrected chi connectivity index (χ1v) is 6.64. The molecule has 0 saturated carbocycles. The molecule has 2 rings (SSSR count). The van der Waals surface area contributed by atoms with Crippen molar-refractivity contribution in [2.45, 2.75) is 19.8 Å². The van der Waals surface area contributed by atoms with E-state index in [0.717, 1.165) is 26.1 Å². The van der Waals surface area contributed by atoms with Crippen LogP contribution in [0.5, 0.6) is 0 Å². The molecule has 104 valence electrons. The maximum Gasteiger partial charge on any atom is 0.310 e. The van der Waals surface area contributed by atoms with Crippen molar-refractivity contribution in [2.24, 2.45) is 5.41 Å². The predicted octanol–water partition coefficient (Wildman–Crippen LogP) is 3.48. The van der Waals surface area contributed by atoms with Crippen LogP contribution in [0.15, 0.2) is 18.2 Å². The van der Waals surface area contributed by atoms with E-state index < -0.39 is 4.92 Å². The molecule has 1 N–H and O–H groups in total. The van der Waals surface area contributed by atoms with Gasteiger partial charge in [-0.3, -0.25) is 10.1 Å². The quantitative estimate of drug-likeness (QED) is 0.679. The summed E-state index contributed by atoms with van der Waals surface area (Å²) in [5, 5.41) is 14.4. The van der Waals surface area contributed by atoms with Gasteiger partial charge >= 0.3 is 5.69 Å². The van der Waals surface area contributed by atoms with E-state index in [2.05, 4.69) is 12.2 Å². The number of nitrogens with zero attached hydrogens (tertiary/aromatic N) is 1. The van der Waals surface area contributed by atoms with E-state index in [1.165, 1.54) is 6.07 Å². The third-order valence-corrected chi connectivity index (χ3v) is 3.88. The Morgan fingerprint density at radius 1 is 1.47 bits per heavy atom. The summed E-state index contributed by atoms with van der Waals surface area (Å²) in [5.74, 6) is 0. The smallest absolute Gasteiger partial charge is 0.310 e. The first kappa shape index (κ1) is 14.1. The van der Waals surface area contributed by atoms with Gasteiger partial charge < -0.3 is 10.1 Å². The van der Waals surface area contributed by atoms with Crippen LogP contribution >= 0.6 is 11.6 Å². The zero-order valence-electron chi connectivity index (χ0n) is 10.8. The van der Waals surface area contributed by atoms with Gasteiger partial charge in [0.1, 0.15) is 10.7 Å². The number of rotatable bonds is 4. The van der Waals surface area contributed by atoms with Gasteiger partial charge in [0.2, 0.25) is 0 Å². The normalized spacial score (nSPS) is 18.0. The molecule has 1 fully saturated rings. The minimum atomic E-state index is -0.447. The first-order chi connectivity index (χ1) is 9.02. The van der Waals surface area contributed by atoms with Crippen molar-refractivity contribution in [1.82, 2.24) is 0 Å². The van der Waals surface area contributed by atoms with Crippen LogP contribution in [0.2, 0.25) is 5.02 Å². The summed E-state index contributed by atoms with van der Waals surface area (Å²) < 4.78 is 5.34. The second kappa shape index (κ2) is 5.75. The fourth-order valence-electron chi connectivity index (χ4n) is 2.19. The Balaban J connectivity index is 2.11. The largest absolute Gasteiger partial charge is 0.381 e. The lowest BCUT2D eigenvalue weighted by atomic mass is 9.82. The van der Waals surface area contributed by atoms with Crippen molar-refractivity contribution in [3.63, 3.8) is 0 Å². The summed E-state index contributed by atoms with van der Waals surface area (Å²) in [5.41, 5.74) is 0.527. The van der Waals surface area contributed by atoms with Crippen molar-refractivity contribution >= 4 is 23.0 Å². The Kier molecular flexibility index (Phi) is 4.27. The minimum Gasteiger partial charge on any atom is -0.381 e. The highest BCUT2D eigenvalue weighted by Crippen LogP contribution is 2.35. The summed E-state index contributed by atoms with van der Waals surface area (Å²) in [7, 11) is 0. The number of benzene rings is 1. The summed E-state index contributed by atoms with van der Waals surface area (Å²) in [6.07, 6.45) is 1.91. The van der Waals surface area contributed by atoms with Crippen LogP contribution in [-0.2, 0) is 4.74 Å². The number of nitro benzene ring substituents is 1. The van der Waals surface area contributed by atoms with E-state index in [1.54, 1.807) is 12.1 Å². The summed E-state index contributed by atoms with van der Waals surface area (Å²) >= 11 is 5.88. The van der Waals surface area contributed by atoms with Crippen LogP contribution in [0.1, 0.15) is 19.8 Å². The van der Waals surface area contributed by atoms with E-state index in [9.17, 15) is 10.1 Å². The lowest BCUT2D eigenvalue weighted by Gasteiger charge is -2.33. The number of para-hydroxylation sites is 1. The molecule has 1 saturated heterocycles. The second-order valence-corrected chi connectivity index (χ2v) is 5.58. The maximum absolute atomic E-state index is 11.0. The van der Waals surface area contributed by atoms with Crippen LogP contribution < -0.4 is 5.32 Å². The predicted molar refractivity (Wildman–Crippen MR) is 74.8 cm³/mol. The Bertz CT molecular complexity index is 473. The van der Waals surface area contributed by atoms with E-state index in [0.29, 0.717) is 12.2 Å². The highest BCUT2D eigenvalue weighted by atomic mass is 35.5. The van der Waals surface area contributed by atoms with E-state index in [4.69, 9.17) is 16.3 Å². The Hall–Kier alpha value is -1.33. The van der Waals surface area contributed by atoms with Crippen molar-refractivity contribution in [1.29, 1.82) is 0 Å². The van der Waals surface area contributed by atoms with Gasteiger partial charge in [-0.05, 0) is 30.4 Å². The molecule has 0 unspecified atom stereocenters. The molecule has 0 amide bonds. The van der Waals surface area contributed by atoms with E-state index in [-0.39, 0.29) is 16.1 Å². The van der Waals surface area contributed by atoms with Gasteiger partial charge in [-0.25, -0.2) is 0 Å². The molecule has 1 aromatic rings. The van der Waals surface area contributed by atoms with Gasteiger partial charge in [-0.1, -0.05) is 24.6 Å². The fourth-order valence-corrected chi connectivity index (χ4v) is 2.44. The highest BCUT2D eigenvalue weighted by Gasteiger charge is 2.28. The third-order valence-electron chi connectivity index (χ3n) is 3.57. The van der Waals surface area contributed by atoms with Crippen LogP contribution in [0, 0.1) is 15.5 Å². The van der Waals surface area contributed by atoms with Crippen molar-refractivity contribution in [3.8, 4) is 0 Å². The zero-order chi connectivity index (χ0) is 13.9. The average Bonchev–Trinajstić information content (AvgIpc) is 2.37. The molecule has 1 aromatic carbocycles. The van der Waals surface area contributed by atoms with Crippen LogP contribution in [0.25, 0.3) is 0 Å². The van der Waals surface area contributed by atoms with Gasteiger partial charge in [0.25, 0.3) is 0 Å². The zero-order valence-corrected chi connectivity index (χ0v) is 11.6. The van der Waals surface area contributed by atoms with Gasteiger partial charge in [-0.2, -0.15) is 0 Å². The molecule has 1 heterocycles. The summed E-state index contributed by atoms with van der Waals surface area (Å²) in [4.78, 5) is 10.6. The molecule has 19 heavy (non-hydrogen) atoms. The van der Waals surface area contributed by atoms with Gasteiger partial charge in [0.15, 0.2) is 0 Å². The Labute approximate surface area is 117 Å². The van der Waals surface area contributed by atoms with Crippen LogP contribution in [0.3, 0.4) is 0 Å². The Morgan fingerprint density at radius 3 is 2.79 bits per heavy atom. The fraction of sp³-hybridized carbons (Fsp3) is 0.538. The number of anilines is 1. The molecule has 0 aliphatic carbocycles. The number of nitro groups is 1. The van der Waals surface area contributed by atoms with Crippen molar-refractivity contribution < 1.29 is 9.66 Å². The van der Waals surface area contributed by atoms with Gasteiger partial charge in [-0.15, -0.1) is 0 Å². The monoisotopic (exact) mass is 284 g/mol. The molecule has 0 aromatic heterocycles. The molecule has 6 heteroatoms. The Morgan fingerprint density at radius 2 is 2.16 bits per heavy atom. The standard InChI is InChI=1S/C13H17ClN2O3/c1-13(5-7-19-8-6-13)9-15-11-4-2-3-10(14)12(11)16(17)18/h2-4,15H,5-9H2,1H3. The van der Waals surface area contributed by atoms with Crippen molar-refractivity contribution in [2.75, 3.05) is 25.1 Å². The third kappa shape index (κ3) is 3.36. The number of hydrogen-bond donors (Lipinski definition) is 1. The van der Waals surface area contributed by atoms with E-state index in [1.807, 2.05) is 0 Å². The first-order valence-electron chi connectivity index (χ1n) is 6.26. The van der Waals surface area contributed by atoms with Gasteiger partial charge in [0.05, 0.1) is 4.92 Å². The maximum atomic E-state index is 11.0. The van der Waals surface area contributed by atoms with Crippen molar-refractivity contribution in [3.05, 3.63) is 33.3 Å². The molecule has 0 spiro atoms. The molecular weight excluding hydrogens is 268 g/mol. The lowest BCUT2D eigenvalue weighted by Crippen LogP contribution is -2.33. The average molecular weight is 285 g/mol. The molecule has 5 nitrogen and oxygen atoms in total. The number of nitrogens with one attached hydrogen (secondary N) is 1. The summed E-state index contributed by atoms with van der Waals surface area (Å²) in [6, 6.07) is 4.93. The van der Waals surface area contributed by atoms with Crippen LogP contribution in [0.4, 0.5) is 11.4 Å². The summed E-state index contributed by atoms with van der Waals surface area (Å²) in [6.45, 7) is 4.34. The van der Waals surface area contributed by atoms with Crippen LogP contribution in [-0.4, -0.2) is 24.7 Å². The molecule has 0 radical (unpaired) electrons. The second-order valence-electron chi connectivity index (χ2n) is 5.17. The lowest BCUT2D eigenvalue weighted by molar-refractivity contribution is -0.383. The number of halogens is 1. The molecule has 1 aliphatic rings. The molecule has 0 bridgehead atoms. The van der Waals surface area contributed by atoms with Gasteiger partial charge in [0, 0.05) is 19.8 Å². The molecule has 0 atom stereocenters.